The highest BCUT2D eigenvalue weighted by atomic mass is 32.2. The molecule has 0 aromatic heterocycles. The highest BCUT2D eigenvalue weighted by molar-refractivity contribution is 7.91. The molecule has 4 rings (SSSR count). The maximum Gasteiger partial charge on any atom is 0.178 e. The average molecular weight is 469 g/mol. The molecule has 1 N–H and O–H groups in total. The van der Waals surface area contributed by atoms with Crippen LogP contribution in [0.15, 0.2) is 70.7 Å². The van der Waals surface area contributed by atoms with Crippen molar-refractivity contribution in [3.8, 4) is 0 Å². The standard InChI is InChI=1S/C29H40O3S/c1-21-11-14-25(30)20-24(21)13-12-23-8-7-18-29(3)27(15-16-28(23)29)22(2)17-19-33(31,32)26-9-5-4-6-10-26/h4-6,9-10,12-13,22,25,27-28,30H,1,7-8,11,14-20H2,2-3H3/b23-12+,24-13-/t22-,25-,27?,28-,29+/m0/s1. The molecule has 5 atom stereocenters. The van der Waals surface area contributed by atoms with Gasteiger partial charge in [-0.25, -0.2) is 8.42 Å². The molecule has 3 nitrogen and oxygen atoms in total. The lowest BCUT2D eigenvalue weighted by atomic mass is 9.61. The van der Waals surface area contributed by atoms with Crippen LogP contribution in [0.5, 0.6) is 0 Å². The highest BCUT2D eigenvalue weighted by Gasteiger charge is 2.50. The van der Waals surface area contributed by atoms with Gasteiger partial charge in [-0.05, 0) is 98.7 Å². The number of hydrogen-bond acceptors (Lipinski definition) is 3. The zero-order valence-electron chi connectivity index (χ0n) is 20.3. The summed E-state index contributed by atoms with van der Waals surface area (Å²) in [6, 6.07) is 8.87. The fourth-order valence-corrected chi connectivity index (χ4v) is 8.39. The molecule has 33 heavy (non-hydrogen) atoms. The van der Waals surface area contributed by atoms with E-state index in [4.69, 9.17) is 0 Å². The third-order valence-corrected chi connectivity index (χ3v) is 10.6. The molecule has 3 saturated carbocycles. The van der Waals surface area contributed by atoms with Crippen molar-refractivity contribution in [2.75, 3.05) is 5.75 Å². The molecule has 180 valence electrons. The topological polar surface area (TPSA) is 54.4 Å². The Morgan fingerprint density at radius 2 is 1.91 bits per heavy atom. The number of aliphatic hydroxyl groups excluding tert-OH is 1. The summed E-state index contributed by atoms with van der Waals surface area (Å²) in [5, 5.41) is 10.1. The fraction of sp³-hybridized carbons (Fsp3) is 0.586. The van der Waals surface area contributed by atoms with Crippen molar-refractivity contribution in [3.63, 3.8) is 0 Å². The Morgan fingerprint density at radius 3 is 2.67 bits per heavy atom. The van der Waals surface area contributed by atoms with Gasteiger partial charge in [-0.1, -0.05) is 61.9 Å². The van der Waals surface area contributed by atoms with Crippen molar-refractivity contribution in [2.24, 2.45) is 23.2 Å². The maximum atomic E-state index is 12.8. The van der Waals surface area contributed by atoms with E-state index in [1.54, 1.807) is 29.8 Å². The summed E-state index contributed by atoms with van der Waals surface area (Å²) >= 11 is 0. The van der Waals surface area contributed by atoms with Crippen molar-refractivity contribution in [3.05, 3.63) is 65.8 Å². The molecule has 0 saturated heterocycles. The fourth-order valence-electron chi connectivity index (χ4n) is 6.90. The Hall–Kier alpha value is -1.65. The number of hydrogen-bond donors (Lipinski definition) is 1. The van der Waals surface area contributed by atoms with Crippen LogP contribution in [0.25, 0.3) is 0 Å². The van der Waals surface area contributed by atoms with E-state index in [2.05, 4.69) is 32.6 Å². The Morgan fingerprint density at radius 1 is 1.15 bits per heavy atom. The van der Waals surface area contributed by atoms with Crippen LogP contribution in [-0.4, -0.2) is 25.4 Å². The summed E-state index contributed by atoms with van der Waals surface area (Å²) in [6.45, 7) is 8.94. The van der Waals surface area contributed by atoms with Gasteiger partial charge < -0.3 is 5.11 Å². The van der Waals surface area contributed by atoms with Gasteiger partial charge in [0.25, 0.3) is 0 Å². The van der Waals surface area contributed by atoms with Gasteiger partial charge in [-0.2, -0.15) is 0 Å². The van der Waals surface area contributed by atoms with Crippen LogP contribution in [-0.2, 0) is 9.84 Å². The molecule has 1 aromatic rings. The van der Waals surface area contributed by atoms with Crippen molar-refractivity contribution in [1.82, 2.24) is 0 Å². The zero-order valence-corrected chi connectivity index (χ0v) is 21.1. The highest BCUT2D eigenvalue weighted by Crippen LogP contribution is 2.59. The third kappa shape index (κ3) is 5.22. The van der Waals surface area contributed by atoms with E-state index in [-0.39, 0.29) is 17.3 Å². The lowest BCUT2D eigenvalue weighted by Gasteiger charge is -2.44. The number of benzene rings is 1. The molecule has 0 heterocycles. The third-order valence-electron chi connectivity index (χ3n) is 8.86. The first-order valence-electron chi connectivity index (χ1n) is 12.7. The summed E-state index contributed by atoms with van der Waals surface area (Å²) in [5.41, 5.74) is 4.19. The average Bonchev–Trinajstić information content (AvgIpc) is 3.16. The lowest BCUT2D eigenvalue weighted by molar-refractivity contribution is 0.0963. The van der Waals surface area contributed by atoms with Crippen LogP contribution in [0.3, 0.4) is 0 Å². The summed E-state index contributed by atoms with van der Waals surface area (Å²) in [5.74, 6) is 1.78. The Kier molecular flexibility index (Phi) is 7.35. The molecule has 0 spiro atoms. The van der Waals surface area contributed by atoms with Gasteiger partial charge in [0.05, 0.1) is 16.8 Å². The first-order valence-corrected chi connectivity index (χ1v) is 14.4. The molecule has 0 amide bonds. The van der Waals surface area contributed by atoms with Gasteiger partial charge in [0.1, 0.15) is 0 Å². The number of allylic oxidation sites excluding steroid dienone is 4. The van der Waals surface area contributed by atoms with E-state index in [1.165, 1.54) is 36.8 Å². The second-order valence-electron chi connectivity index (χ2n) is 10.9. The predicted molar refractivity (Wildman–Crippen MR) is 136 cm³/mol. The first-order chi connectivity index (χ1) is 15.7. The number of rotatable bonds is 6. The van der Waals surface area contributed by atoms with Gasteiger partial charge in [0, 0.05) is 0 Å². The van der Waals surface area contributed by atoms with Gasteiger partial charge in [0.2, 0.25) is 0 Å². The second kappa shape index (κ2) is 9.92. The summed E-state index contributed by atoms with van der Waals surface area (Å²) < 4.78 is 25.6. The monoisotopic (exact) mass is 468 g/mol. The Bertz CT molecular complexity index is 1020. The van der Waals surface area contributed by atoms with Gasteiger partial charge in [-0.15, -0.1) is 0 Å². The van der Waals surface area contributed by atoms with Crippen molar-refractivity contribution < 1.29 is 13.5 Å². The lowest BCUT2D eigenvalue weighted by Crippen LogP contribution is -2.36. The first kappa shape index (κ1) is 24.5. The predicted octanol–water partition coefficient (Wildman–Crippen LogP) is 6.66. The van der Waals surface area contributed by atoms with Gasteiger partial charge >= 0.3 is 0 Å². The Balaban J connectivity index is 1.45. The van der Waals surface area contributed by atoms with Crippen molar-refractivity contribution >= 4 is 9.84 Å². The zero-order chi connectivity index (χ0) is 23.6. The Labute approximate surface area is 200 Å². The number of fused-ring (bicyclic) bond motifs is 1. The smallest absolute Gasteiger partial charge is 0.178 e. The largest absolute Gasteiger partial charge is 0.393 e. The van der Waals surface area contributed by atoms with E-state index in [9.17, 15) is 13.5 Å². The normalized spacial score (nSPS) is 33.9. The summed E-state index contributed by atoms with van der Waals surface area (Å²) in [6.07, 6.45) is 13.5. The number of sulfone groups is 1. The molecule has 1 aromatic carbocycles. The maximum absolute atomic E-state index is 12.8. The molecule has 4 heteroatoms. The van der Waals surface area contributed by atoms with E-state index >= 15 is 0 Å². The second-order valence-corrected chi connectivity index (χ2v) is 13.0. The molecule has 0 bridgehead atoms. The molecule has 0 aliphatic heterocycles. The van der Waals surface area contributed by atoms with E-state index in [1.807, 2.05) is 6.07 Å². The minimum atomic E-state index is -3.22. The molecule has 3 aliphatic carbocycles. The molecule has 3 aliphatic rings. The quantitative estimate of drug-likeness (QED) is 0.508. The van der Waals surface area contributed by atoms with Crippen LogP contribution in [0.1, 0.15) is 71.6 Å². The van der Waals surface area contributed by atoms with E-state index in [0.717, 1.165) is 32.1 Å². The van der Waals surface area contributed by atoms with E-state index in [0.29, 0.717) is 22.6 Å². The summed E-state index contributed by atoms with van der Waals surface area (Å²) in [4.78, 5) is 0.443. The minimum Gasteiger partial charge on any atom is -0.393 e. The van der Waals surface area contributed by atoms with Crippen molar-refractivity contribution in [2.45, 2.75) is 82.6 Å². The SMILES string of the molecule is C=C1CC[C@H](O)C/C1=C/C=C1\CCC[C@]2(C)C([C@@H](C)CCS(=O)(=O)c3ccccc3)CC[C@@H]12. The van der Waals surface area contributed by atoms with E-state index < -0.39 is 9.84 Å². The summed E-state index contributed by atoms with van der Waals surface area (Å²) in [7, 11) is -3.22. The van der Waals surface area contributed by atoms with Crippen LogP contribution < -0.4 is 0 Å². The van der Waals surface area contributed by atoms with Crippen molar-refractivity contribution in [1.29, 1.82) is 0 Å². The number of aliphatic hydroxyl groups is 1. The molecule has 0 radical (unpaired) electrons. The van der Waals surface area contributed by atoms with Crippen LogP contribution in [0.4, 0.5) is 0 Å². The van der Waals surface area contributed by atoms with Gasteiger partial charge in [0.15, 0.2) is 9.84 Å². The van der Waals surface area contributed by atoms with Crippen LogP contribution in [0, 0.1) is 23.2 Å². The van der Waals surface area contributed by atoms with Gasteiger partial charge in [-0.3, -0.25) is 0 Å². The van der Waals surface area contributed by atoms with Crippen LogP contribution in [0.2, 0.25) is 0 Å². The molecule has 1 unspecified atom stereocenters. The van der Waals surface area contributed by atoms with Crippen LogP contribution >= 0.6 is 0 Å². The molecule has 3 fully saturated rings. The molecular weight excluding hydrogens is 428 g/mol. The molecular formula is C29H40O3S. The minimum absolute atomic E-state index is 0.231.